The molecule has 0 aromatic carbocycles. The lowest BCUT2D eigenvalue weighted by atomic mass is 9.78. The lowest BCUT2D eigenvalue weighted by Gasteiger charge is -2.38. The molecule has 2 atom stereocenters. The second kappa shape index (κ2) is 5.51. The zero-order valence-corrected chi connectivity index (χ0v) is 11.3. The number of carbonyl (C=O) groups excluding carboxylic acids is 1. The van der Waals surface area contributed by atoms with Crippen LogP contribution in [-0.4, -0.2) is 18.0 Å². The van der Waals surface area contributed by atoms with E-state index < -0.39 is 0 Å². The lowest BCUT2D eigenvalue weighted by Crippen LogP contribution is -2.41. The Hall–Kier alpha value is -0.370. The Balaban J connectivity index is 1.94. The number of ketones is 1. The molecule has 2 rings (SSSR count). The Bertz CT molecular complexity index is 266. The summed E-state index contributed by atoms with van der Waals surface area (Å²) >= 11 is 0. The van der Waals surface area contributed by atoms with Crippen molar-refractivity contribution in [1.82, 2.24) is 0 Å². The summed E-state index contributed by atoms with van der Waals surface area (Å²) in [5.41, 5.74) is 0.0878. The minimum atomic E-state index is 0.0878. The molecule has 2 nitrogen and oxygen atoms in total. The van der Waals surface area contributed by atoms with E-state index in [2.05, 4.69) is 13.8 Å². The van der Waals surface area contributed by atoms with Crippen LogP contribution in [0.3, 0.4) is 0 Å². The maximum atomic E-state index is 12.4. The Morgan fingerprint density at radius 3 is 2.76 bits per heavy atom. The molecule has 0 amide bonds. The fraction of sp³-hybridized carbons (Fsp3) is 0.933. The van der Waals surface area contributed by atoms with Gasteiger partial charge in [0, 0.05) is 18.4 Å². The minimum Gasteiger partial charge on any atom is -0.375 e. The summed E-state index contributed by atoms with van der Waals surface area (Å²) in [6.07, 6.45) is 9.04. The van der Waals surface area contributed by atoms with Crippen LogP contribution in [0.1, 0.15) is 65.2 Å². The van der Waals surface area contributed by atoms with Crippen LogP contribution in [0.4, 0.5) is 0 Å². The van der Waals surface area contributed by atoms with Crippen molar-refractivity contribution in [2.75, 3.05) is 6.61 Å². The van der Waals surface area contributed by atoms with Gasteiger partial charge >= 0.3 is 0 Å². The molecule has 2 aliphatic rings. The molecule has 1 spiro atoms. The number of Topliss-reactive ketones (excluding diaryl/α,β-unsaturated/α-hetero) is 1. The van der Waals surface area contributed by atoms with Crippen molar-refractivity contribution in [3.63, 3.8) is 0 Å². The normalized spacial score (nSPS) is 29.4. The monoisotopic (exact) mass is 238 g/mol. The van der Waals surface area contributed by atoms with E-state index in [1.54, 1.807) is 0 Å². The zero-order valence-electron chi connectivity index (χ0n) is 11.3. The molecule has 1 heterocycles. The Kier molecular flexibility index (Phi) is 4.24. The highest BCUT2D eigenvalue weighted by Crippen LogP contribution is 2.42. The third-order valence-corrected chi connectivity index (χ3v) is 4.62. The predicted molar refractivity (Wildman–Crippen MR) is 69.0 cm³/mol. The summed E-state index contributed by atoms with van der Waals surface area (Å²) in [5, 5.41) is 0. The fourth-order valence-corrected chi connectivity index (χ4v) is 3.62. The van der Waals surface area contributed by atoms with Gasteiger partial charge in [-0.1, -0.05) is 33.1 Å². The van der Waals surface area contributed by atoms with Gasteiger partial charge in [-0.3, -0.25) is 4.79 Å². The molecule has 98 valence electrons. The van der Waals surface area contributed by atoms with Gasteiger partial charge in [-0.2, -0.15) is 0 Å². The Morgan fingerprint density at radius 2 is 2.12 bits per heavy atom. The third kappa shape index (κ3) is 2.90. The Morgan fingerprint density at radius 1 is 1.41 bits per heavy atom. The van der Waals surface area contributed by atoms with Gasteiger partial charge in [-0.05, 0) is 32.1 Å². The first-order valence-electron chi connectivity index (χ1n) is 7.34. The van der Waals surface area contributed by atoms with Gasteiger partial charge in [0.25, 0.3) is 0 Å². The first-order chi connectivity index (χ1) is 8.17. The average Bonchev–Trinajstić information content (AvgIpc) is 2.76. The number of rotatable bonds is 4. The molecule has 17 heavy (non-hydrogen) atoms. The van der Waals surface area contributed by atoms with Crippen molar-refractivity contribution in [1.29, 1.82) is 0 Å². The van der Waals surface area contributed by atoms with Crippen molar-refractivity contribution in [2.24, 2.45) is 11.8 Å². The number of ether oxygens (including phenoxy) is 1. The van der Waals surface area contributed by atoms with Crippen LogP contribution in [0.2, 0.25) is 0 Å². The lowest BCUT2D eigenvalue weighted by molar-refractivity contribution is -0.139. The van der Waals surface area contributed by atoms with E-state index in [1.165, 1.54) is 25.7 Å². The molecule has 0 N–H and O–H groups in total. The van der Waals surface area contributed by atoms with Crippen molar-refractivity contribution in [2.45, 2.75) is 70.8 Å². The third-order valence-electron chi connectivity index (χ3n) is 4.62. The number of hydrogen-bond acceptors (Lipinski definition) is 2. The quantitative estimate of drug-likeness (QED) is 0.746. The Labute approximate surface area is 105 Å². The summed E-state index contributed by atoms with van der Waals surface area (Å²) in [5.74, 6) is 1.03. The summed E-state index contributed by atoms with van der Waals surface area (Å²) in [7, 11) is 0. The molecule has 2 heteroatoms. The van der Waals surface area contributed by atoms with Gasteiger partial charge in [-0.15, -0.1) is 0 Å². The van der Waals surface area contributed by atoms with Crippen molar-refractivity contribution >= 4 is 5.78 Å². The van der Waals surface area contributed by atoms with Crippen LogP contribution in [0.15, 0.2) is 0 Å². The van der Waals surface area contributed by atoms with E-state index in [9.17, 15) is 4.79 Å². The van der Waals surface area contributed by atoms with Crippen molar-refractivity contribution < 1.29 is 9.53 Å². The van der Waals surface area contributed by atoms with E-state index in [0.717, 1.165) is 32.3 Å². The zero-order chi connectivity index (χ0) is 12.3. The van der Waals surface area contributed by atoms with Gasteiger partial charge in [0.1, 0.15) is 5.78 Å². The first-order valence-corrected chi connectivity index (χ1v) is 7.34. The second-order valence-electron chi connectivity index (χ2n) is 6.02. The second-order valence-corrected chi connectivity index (χ2v) is 6.02. The highest BCUT2D eigenvalue weighted by Gasteiger charge is 2.42. The molecular formula is C15H26O2. The molecule has 0 radical (unpaired) electrons. The van der Waals surface area contributed by atoms with Gasteiger partial charge in [-0.25, -0.2) is 0 Å². The topological polar surface area (TPSA) is 26.3 Å². The molecule has 0 aromatic rings. The largest absolute Gasteiger partial charge is 0.375 e. The smallest absolute Gasteiger partial charge is 0.138 e. The summed E-state index contributed by atoms with van der Waals surface area (Å²) < 4.78 is 5.99. The molecule has 0 aromatic heterocycles. The van der Waals surface area contributed by atoms with E-state index in [0.29, 0.717) is 5.78 Å². The molecule has 1 saturated heterocycles. The predicted octanol–water partition coefficient (Wildman–Crippen LogP) is 3.73. The van der Waals surface area contributed by atoms with Gasteiger partial charge in [0.2, 0.25) is 0 Å². The number of carbonyl (C=O) groups is 1. The van der Waals surface area contributed by atoms with Crippen molar-refractivity contribution in [3.05, 3.63) is 0 Å². The summed E-state index contributed by atoms with van der Waals surface area (Å²) in [6.45, 7) is 5.06. The average molecular weight is 238 g/mol. The fourth-order valence-electron chi connectivity index (χ4n) is 3.62. The summed E-state index contributed by atoms with van der Waals surface area (Å²) in [4.78, 5) is 12.4. The molecule has 2 fully saturated rings. The van der Waals surface area contributed by atoms with Crippen LogP contribution in [0, 0.1) is 11.8 Å². The SMILES string of the molecule is CCCC(C)C(=O)C1CCOC2(CCCC2)C1. The maximum absolute atomic E-state index is 12.4. The van der Waals surface area contributed by atoms with Gasteiger partial charge in [0.15, 0.2) is 0 Å². The molecule has 0 bridgehead atoms. The molecule has 2 unspecified atom stereocenters. The van der Waals surface area contributed by atoms with Crippen LogP contribution in [0.25, 0.3) is 0 Å². The van der Waals surface area contributed by atoms with Gasteiger partial charge < -0.3 is 4.74 Å². The highest BCUT2D eigenvalue weighted by molar-refractivity contribution is 5.83. The van der Waals surface area contributed by atoms with E-state index >= 15 is 0 Å². The van der Waals surface area contributed by atoms with E-state index in [4.69, 9.17) is 4.74 Å². The molecular weight excluding hydrogens is 212 g/mol. The standard InChI is InChI=1S/C15H26O2/c1-3-6-12(2)14(16)13-7-10-17-15(11-13)8-4-5-9-15/h12-13H,3-11H2,1-2H3. The van der Waals surface area contributed by atoms with Gasteiger partial charge in [0.05, 0.1) is 5.60 Å². The summed E-state index contributed by atoms with van der Waals surface area (Å²) in [6, 6.07) is 0. The first kappa shape index (κ1) is 13.1. The van der Waals surface area contributed by atoms with Crippen LogP contribution in [-0.2, 0) is 9.53 Å². The van der Waals surface area contributed by atoms with Crippen molar-refractivity contribution in [3.8, 4) is 0 Å². The van der Waals surface area contributed by atoms with Crippen LogP contribution < -0.4 is 0 Å². The molecule has 1 saturated carbocycles. The maximum Gasteiger partial charge on any atom is 0.138 e. The van der Waals surface area contributed by atoms with Crippen LogP contribution >= 0.6 is 0 Å². The highest BCUT2D eigenvalue weighted by atomic mass is 16.5. The molecule has 1 aliphatic heterocycles. The van der Waals surface area contributed by atoms with E-state index in [1.807, 2.05) is 0 Å². The minimum absolute atomic E-state index is 0.0878. The number of hydrogen-bond donors (Lipinski definition) is 0. The molecule has 1 aliphatic carbocycles. The van der Waals surface area contributed by atoms with Crippen LogP contribution in [0.5, 0.6) is 0 Å². The van der Waals surface area contributed by atoms with E-state index in [-0.39, 0.29) is 17.4 Å².